The normalized spacial score (nSPS) is 13.3. The predicted octanol–water partition coefficient (Wildman–Crippen LogP) is 4.72. The van der Waals surface area contributed by atoms with Crippen molar-refractivity contribution in [2.45, 2.75) is 37.2 Å². The van der Waals surface area contributed by atoms with Crippen LogP contribution < -0.4 is 0 Å². The third-order valence-electron chi connectivity index (χ3n) is 2.62. The highest BCUT2D eigenvalue weighted by Crippen LogP contribution is 2.36. The van der Waals surface area contributed by atoms with Crippen molar-refractivity contribution in [1.82, 2.24) is 0 Å². The van der Waals surface area contributed by atoms with Gasteiger partial charge in [0.2, 0.25) is 0 Å². The zero-order valence-corrected chi connectivity index (χ0v) is 11.8. The van der Waals surface area contributed by atoms with Crippen LogP contribution in [0.15, 0.2) is 18.2 Å². The molecule has 19 heavy (non-hydrogen) atoms. The van der Waals surface area contributed by atoms with Crippen LogP contribution in [0.2, 0.25) is 0 Å². The van der Waals surface area contributed by atoms with E-state index in [0.29, 0.717) is 12.0 Å². The fourth-order valence-electron chi connectivity index (χ4n) is 1.77. The minimum absolute atomic E-state index is 0.0695. The van der Waals surface area contributed by atoms with Crippen molar-refractivity contribution >= 4 is 21.6 Å². The molecular formula is C12H13BrF3NO2. The van der Waals surface area contributed by atoms with Crippen LogP contribution in [0.5, 0.6) is 0 Å². The lowest BCUT2D eigenvalue weighted by Crippen LogP contribution is -2.11. The molecule has 0 saturated carbocycles. The summed E-state index contributed by atoms with van der Waals surface area (Å²) in [5.41, 5.74) is -1.66. The van der Waals surface area contributed by atoms with Crippen LogP contribution in [-0.2, 0) is 12.6 Å². The Morgan fingerprint density at radius 3 is 2.53 bits per heavy atom. The van der Waals surface area contributed by atoms with Crippen molar-refractivity contribution in [1.29, 1.82) is 0 Å². The standard InChI is InChI=1S/C12H13BrF3NO2/c1-2-3-9(13)6-8-4-5-11(17(18)19)10(7-8)12(14,15)16/h4-5,7,9H,2-3,6H2,1H3. The van der Waals surface area contributed by atoms with Gasteiger partial charge in [-0.1, -0.05) is 35.3 Å². The van der Waals surface area contributed by atoms with Crippen molar-refractivity contribution in [3.8, 4) is 0 Å². The molecule has 0 amide bonds. The third kappa shape index (κ3) is 4.49. The van der Waals surface area contributed by atoms with Crippen LogP contribution in [-0.4, -0.2) is 9.75 Å². The van der Waals surface area contributed by atoms with Gasteiger partial charge < -0.3 is 0 Å². The molecule has 1 aromatic carbocycles. The van der Waals surface area contributed by atoms with E-state index in [1.807, 2.05) is 6.92 Å². The Labute approximate surface area is 117 Å². The molecule has 0 spiro atoms. The molecule has 0 bridgehead atoms. The Balaban J connectivity index is 3.09. The van der Waals surface area contributed by atoms with Crippen LogP contribution in [0.1, 0.15) is 30.9 Å². The first-order chi connectivity index (χ1) is 8.75. The SMILES string of the molecule is CCCC(Br)Cc1ccc([N+](=O)[O-])c(C(F)(F)F)c1. The van der Waals surface area contributed by atoms with Gasteiger partial charge in [-0.25, -0.2) is 0 Å². The Morgan fingerprint density at radius 2 is 2.05 bits per heavy atom. The first kappa shape index (κ1) is 15.9. The summed E-state index contributed by atoms with van der Waals surface area (Å²) in [5, 5.41) is 10.6. The summed E-state index contributed by atoms with van der Waals surface area (Å²) in [7, 11) is 0. The number of halogens is 4. The van der Waals surface area contributed by atoms with Gasteiger partial charge in [0.15, 0.2) is 0 Å². The number of benzene rings is 1. The van der Waals surface area contributed by atoms with Gasteiger partial charge in [0.25, 0.3) is 5.69 Å². The molecule has 0 fully saturated rings. The summed E-state index contributed by atoms with van der Waals surface area (Å²) in [6, 6.07) is 3.16. The number of rotatable bonds is 5. The molecule has 1 unspecified atom stereocenters. The third-order valence-corrected chi connectivity index (χ3v) is 3.40. The molecule has 0 aromatic heterocycles. The van der Waals surface area contributed by atoms with E-state index in [1.165, 1.54) is 6.07 Å². The Bertz CT molecular complexity index is 463. The van der Waals surface area contributed by atoms with Crippen LogP contribution in [0.4, 0.5) is 18.9 Å². The first-order valence-corrected chi connectivity index (χ1v) is 6.65. The molecule has 3 nitrogen and oxygen atoms in total. The zero-order chi connectivity index (χ0) is 14.6. The number of nitrogens with zero attached hydrogens (tertiary/aromatic N) is 1. The Hall–Kier alpha value is -1.11. The molecule has 1 aromatic rings. The highest BCUT2D eigenvalue weighted by molar-refractivity contribution is 9.09. The van der Waals surface area contributed by atoms with Crippen LogP contribution in [0.3, 0.4) is 0 Å². The molecule has 106 valence electrons. The van der Waals surface area contributed by atoms with Gasteiger partial charge in [0.1, 0.15) is 5.56 Å². The summed E-state index contributed by atoms with van der Waals surface area (Å²) in [6.45, 7) is 1.98. The molecule has 0 aliphatic rings. The average Bonchev–Trinajstić information content (AvgIpc) is 2.27. The summed E-state index contributed by atoms with van der Waals surface area (Å²) in [5.74, 6) is 0. The summed E-state index contributed by atoms with van der Waals surface area (Å²) in [6.07, 6.45) is -2.56. The second kappa shape index (κ2) is 6.36. The summed E-state index contributed by atoms with van der Waals surface area (Å²) < 4.78 is 38.3. The molecule has 0 saturated heterocycles. The molecule has 0 N–H and O–H groups in total. The van der Waals surface area contributed by atoms with Gasteiger partial charge in [-0.2, -0.15) is 13.2 Å². The van der Waals surface area contributed by atoms with Crippen LogP contribution in [0.25, 0.3) is 0 Å². The minimum Gasteiger partial charge on any atom is -0.258 e. The average molecular weight is 340 g/mol. The second-order valence-corrected chi connectivity index (χ2v) is 5.49. The van der Waals surface area contributed by atoms with Crippen molar-refractivity contribution in [2.75, 3.05) is 0 Å². The van der Waals surface area contributed by atoms with Crippen molar-refractivity contribution in [3.63, 3.8) is 0 Å². The first-order valence-electron chi connectivity index (χ1n) is 5.74. The monoisotopic (exact) mass is 339 g/mol. The lowest BCUT2D eigenvalue weighted by molar-refractivity contribution is -0.388. The number of nitro benzene ring substituents is 1. The van der Waals surface area contributed by atoms with E-state index in [2.05, 4.69) is 15.9 Å². The van der Waals surface area contributed by atoms with E-state index in [4.69, 9.17) is 0 Å². The highest BCUT2D eigenvalue weighted by Gasteiger charge is 2.38. The van der Waals surface area contributed by atoms with Gasteiger partial charge in [0.05, 0.1) is 4.92 Å². The molecule has 1 rings (SSSR count). The molecule has 0 heterocycles. The van der Waals surface area contributed by atoms with E-state index in [-0.39, 0.29) is 4.83 Å². The van der Waals surface area contributed by atoms with Crippen LogP contribution >= 0.6 is 15.9 Å². The van der Waals surface area contributed by atoms with E-state index in [0.717, 1.165) is 25.0 Å². The van der Waals surface area contributed by atoms with Gasteiger partial charge in [-0.15, -0.1) is 0 Å². The fraction of sp³-hybridized carbons (Fsp3) is 0.500. The molecule has 0 aliphatic carbocycles. The quantitative estimate of drug-likeness (QED) is 0.442. The Morgan fingerprint density at radius 1 is 1.42 bits per heavy atom. The minimum atomic E-state index is -4.72. The summed E-state index contributed by atoms with van der Waals surface area (Å²) in [4.78, 5) is 9.66. The lowest BCUT2D eigenvalue weighted by Gasteiger charge is -2.12. The van der Waals surface area contributed by atoms with Crippen molar-refractivity contribution in [3.05, 3.63) is 39.4 Å². The molecular weight excluding hydrogens is 327 g/mol. The number of hydrogen-bond donors (Lipinski definition) is 0. The number of hydrogen-bond acceptors (Lipinski definition) is 2. The van der Waals surface area contributed by atoms with Gasteiger partial charge in [-0.3, -0.25) is 10.1 Å². The topological polar surface area (TPSA) is 43.1 Å². The van der Waals surface area contributed by atoms with Crippen LogP contribution in [0, 0.1) is 10.1 Å². The molecule has 0 aliphatic heterocycles. The number of nitro groups is 1. The fourth-order valence-corrected chi connectivity index (χ4v) is 2.60. The molecule has 7 heteroatoms. The van der Waals surface area contributed by atoms with Crippen molar-refractivity contribution in [2.24, 2.45) is 0 Å². The maximum atomic E-state index is 12.8. The van der Waals surface area contributed by atoms with Crippen molar-refractivity contribution < 1.29 is 18.1 Å². The maximum Gasteiger partial charge on any atom is 0.423 e. The van der Waals surface area contributed by atoms with E-state index < -0.39 is 22.4 Å². The Kier molecular flexibility index (Phi) is 5.34. The van der Waals surface area contributed by atoms with E-state index in [9.17, 15) is 23.3 Å². The van der Waals surface area contributed by atoms with Gasteiger partial charge in [-0.05, 0) is 24.5 Å². The zero-order valence-electron chi connectivity index (χ0n) is 10.2. The highest BCUT2D eigenvalue weighted by atomic mass is 79.9. The second-order valence-electron chi connectivity index (χ2n) is 4.20. The lowest BCUT2D eigenvalue weighted by atomic mass is 10.0. The maximum absolute atomic E-state index is 12.8. The molecule has 1 atom stereocenters. The summed E-state index contributed by atoms with van der Waals surface area (Å²) >= 11 is 3.38. The smallest absolute Gasteiger partial charge is 0.258 e. The van der Waals surface area contributed by atoms with Gasteiger partial charge in [0, 0.05) is 10.9 Å². The largest absolute Gasteiger partial charge is 0.423 e. The molecule has 0 radical (unpaired) electrons. The number of alkyl halides is 4. The van der Waals surface area contributed by atoms with Gasteiger partial charge >= 0.3 is 6.18 Å². The predicted molar refractivity (Wildman–Crippen MR) is 69.4 cm³/mol. The van der Waals surface area contributed by atoms with E-state index >= 15 is 0 Å². The van der Waals surface area contributed by atoms with E-state index in [1.54, 1.807) is 0 Å².